The summed E-state index contributed by atoms with van der Waals surface area (Å²) in [6, 6.07) is 13.1. The first kappa shape index (κ1) is 18.4. The van der Waals surface area contributed by atoms with Crippen molar-refractivity contribution in [3.8, 4) is 5.69 Å². The van der Waals surface area contributed by atoms with Crippen LogP contribution in [0.25, 0.3) is 5.69 Å². The zero-order valence-corrected chi connectivity index (χ0v) is 14.6. The highest BCUT2D eigenvalue weighted by molar-refractivity contribution is 6.30. The maximum atomic E-state index is 12.3. The Labute approximate surface area is 158 Å². The first-order valence-corrected chi connectivity index (χ1v) is 8.16. The average molecular weight is 387 g/mol. The summed E-state index contributed by atoms with van der Waals surface area (Å²) in [6.45, 7) is 0.201. The van der Waals surface area contributed by atoms with Crippen molar-refractivity contribution in [3.05, 3.63) is 70.4 Å². The van der Waals surface area contributed by atoms with E-state index in [0.29, 0.717) is 16.3 Å². The van der Waals surface area contributed by atoms with E-state index in [9.17, 15) is 9.59 Å². The van der Waals surface area contributed by atoms with Gasteiger partial charge in [-0.25, -0.2) is 5.48 Å². The zero-order chi connectivity index (χ0) is 19.4. The van der Waals surface area contributed by atoms with E-state index >= 15 is 0 Å². The molecule has 0 saturated carbocycles. The minimum atomic E-state index is -0.614. The first-order chi connectivity index (χ1) is 13.0. The van der Waals surface area contributed by atoms with E-state index in [-0.39, 0.29) is 18.1 Å². The highest BCUT2D eigenvalue weighted by atomic mass is 35.5. The Morgan fingerprint density at radius 3 is 2.33 bits per heavy atom. The number of aromatic nitrogens is 3. The van der Waals surface area contributed by atoms with Crippen LogP contribution < -0.4 is 16.5 Å². The quantitative estimate of drug-likeness (QED) is 0.388. The predicted octanol–water partition coefficient (Wildman–Crippen LogP) is 1.55. The molecule has 2 aromatic carbocycles. The number of carbonyl (C=O) groups is 2. The molecule has 0 aliphatic rings. The molecule has 1 heterocycles. The normalized spacial score (nSPS) is 10.4. The summed E-state index contributed by atoms with van der Waals surface area (Å²) in [6.07, 6.45) is 0. The van der Waals surface area contributed by atoms with E-state index in [4.69, 9.17) is 22.5 Å². The van der Waals surface area contributed by atoms with Gasteiger partial charge in [-0.05, 0) is 42.0 Å². The molecule has 0 bridgehead atoms. The molecule has 3 rings (SSSR count). The SMILES string of the molecule is Nc1nn(-c2ccc(Cl)cc2)nc1C(=O)NCc1ccc(C(=O)NO)cc1. The highest BCUT2D eigenvalue weighted by Gasteiger charge is 2.17. The molecule has 0 atom stereocenters. The lowest BCUT2D eigenvalue weighted by molar-refractivity contribution is 0.0706. The number of nitrogens with one attached hydrogen (secondary N) is 2. The Bertz CT molecular complexity index is 969. The van der Waals surface area contributed by atoms with Gasteiger partial charge in [0.15, 0.2) is 11.5 Å². The van der Waals surface area contributed by atoms with E-state index in [1.807, 2.05) is 0 Å². The van der Waals surface area contributed by atoms with Gasteiger partial charge in [-0.3, -0.25) is 14.8 Å². The number of rotatable bonds is 5. The zero-order valence-electron chi connectivity index (χ0n) is 13.9. The molecule has 1 aromatic heterocycles. The van der Waals surface area contributed by atoms with Gasteiger partial charge >= 0.3 is 0 Å². The lowest BCUT2D eigenvalue weighted by Crippen LogP contribution is -2.24. The van der Waals surface area contributed by atoms with Crippen LogP contribution in [-0.4, -0.2) is 32.0 Å². The monoisotopic (exact) mass is 386 g/mol. The second kappa shape index (κ2) is 7.85. The molecule has 9 nitrogen and oxygen atoms in total. The van der Waals surface area contributed by atoms with Crippen LogP contribution >= 0.6 is 11.6 Å². The molecular weight excluding hydrogens is 372 g/mol. The minimum Gasteiger partial charge on any atom is -0.380 e. The third kappa shape index (κ3) is 4.22. The largest absolute Gasteiger partial charge is 0.380 e. The van der Waals surface area contributed by atoms with Crippen LogP contribution in [0.15, 0.2) is 48.5 Å². The maximum Gasteiger partial charge on any atom is 0.275 e. The second-order valence-electron chi connectivity index (χ2n) is 5.52. The number of anilines is 1. The van der Waals surface area contributed by atoms with Gasteiger partial charge in [0.05, 0.1) is 5.69 Å². The molecule has 0 aliphatic carbocycles. The van der Waals surface area contributed by atoms with Crippen LogP contribution in [0.3, 0.4) is 0 Å². The number of hydrogen-bond acceptors (Lipinski definition) is 6. The van der Waals surface area contributed by atoms with Crippen molar-refractivity contribution in [2.24, 2.45) is 0 Å². The van der Waals surface area contributed by atoms with E-state index in [1.54, 1.807) is 41.9 Å². The van der Waals surface area contributed by atoms with Crippen molar-refractivity contribution in [1.29, 1.82) is 0 Å². The standard InChI is InChI=1S/C17H15ClN6O3/c18-12-5-7-13(8-6-12)24-21-14(15(19)22-24)17(26)20-9-10-1-3-11(4-2-10)16(25)23-27/h1-8,27H,9H2,(H2,19,22)(H,20,26)(H,23,25). The van der Waals surface area contributed by atoms with Crippen molar-refractivity contribution in [3.63, 3.8) is 0 Å². The van der Waals surface area contributed by atoms with Crippen LogP contribution in [0, 0.1) is 0 Å². The van der Waals surface area contributed by atoms with Crippen LogP contribution in [0.2, 0.25) is 5.02 Å². The van der Waals surface area contributed by atoms with Crippen molar-refractivity contribution >= 4 is 29.2 Å². The fourth-order valence-electron chi connectivity index (χ4n) is 2.27. The number of nitrogens with zero attached hydrogens (tertiary/aromatic N) is 3. The number of hydrogen-bond donors (Lipinski definition) is 4. The number of hydroxylamine groups is 1. The number of amides is 2. The van der Waals surface area contributed by atoms with Crippen LogP contribution in [0.1, 0.15) is 26.4 Å². The first-order valence-electron chi connectivity index (χ1n) is 7.78. The minimum absolute atomic E-state index is 0.00114. The fourth-order valence-corrected chi connectivity index (χ4v) is 2.40. The van der Waals surface area contributed by atoms with Gasteiger partial charge in [0.1, 0.15) is 0 Å². The third-order valence-electron chi connectivity index (χ3n) is 3.68. The summed E-state index contributed by atoms with van der Waals surface area (Å²) in [5.74, 6) is -1.10. The topological polar surface area (TPSA) is 135 Å². The van der Waals surface area contributed by atoms with Crippen molar-refractivity contribution < 1.29 is 14.8 Å². The van der Waals surface area contributed by atoms with Gasteiger partial charge in [-0.15, -0.1) is 15.0 Å². The van der Waals surface area contributed by atoms with Crippen LogP contribution in [-0.2, 0) is 6.54 Å². The van der Waals surface area contributed by atoms with Gasteiger partial charge in [0.25, 0.3) is 11.8 Å². The lowest BCUT2D eigenvalue weighted by Gasteiger charge is -2.05. The van der Waals surface area contributed by atoms with Crippen molar-refractivity contribution in [1.82, 2.24) is 25.8 Å². The number of nitrogen functional groups attached to an aromatic ring is 1. The number of nitrogens with two attached hydrogens (primary N) is 1. The molecule has 0 aliphatic heterocycles. The van der Waals surface area contributed by atoms with Crippen LogP contribution in [0.4, 0.5) is 5.82 Å². The van der Waals surface area contributed by atoms with E-state index in [1.165, 1.54) is 16.9 Å². The summed E-state index contributed by atoms with van der Waals surface area (Å²) < 4.78 is 0. The van der Waals surface area contributed by atoms with Crippen molar-refractivity contribution in [2.75, 3.05) is 5.73 Å². The molecule has 10 heteroatoms. The Hall–Kier alpha value is -3.43. The van der Waals surface area contributed by atoms with Gasteiger partial charge in [0.2, 0.25) is 0 Å². The molecule has 0 spiro atoms. The lowest BCUT2D eigenvalue weighted by atomic mass is 10.1. The van der Waals surface area contributed by atoms with Crippen molar-refractivity contribution in [2.45, 2.75) is 6.54 Å². The van der Waals surface area contributed by atoms with Gasteiger partial charge in [-0.1, -0.05) is 23.7 Å². The third-order valence-corrected chi connectivity index (χ3v) is 3.94. The molecular formula is C17H15ClN6O3. The molecule has 0 fully saturated rings. The summed E-state index contributed by atoms with van der Waals surface area (Å²) >= 11 is 5.85. The fraction of sp³-hybridized carbons (Fsp3) is 0.0588. The molecule has 2 amide bonds. The van der Waals surface area contributed by atoms with E-state index in [0.717, 1.165) is 5.56 Å². The molecule has 0 radical (unpaired) electrons. The van der Waals surface area contributed by atoms with Crippen LogP contribution in [0.5, 0.6) is 0 Å². The Morgan fingerprint density at radius 2 is 1.70 bits per heavy atom. The summed E-state index contributed by atoms with van der Waals surface area (Å²) in [5.41, 5.74) is 9.01. The maximum absolute atomic E-state index is 12.3. The van der Waals surface area contributed by atoms with Gasteiger partial charge < -0.3 is 11.1 Å². The number of benzene rings is 2. The summed E-state index contributed by atoms with van der Waals surface area (Å²) in [4.78, 5) is 24.9. The Morgan fingerprint density at radius 1 is 1.04 bits per heavy atom. The molecule has 138 valence electrons. The summed E-state index contributed by atoms with van der Waals surface area (Å²) in [5, 5.41) is 20.0. The highest BCUT2D eigenvalue weighted by Crippen LogP contribution is 2.14. The summed E-state index contributed by atoms with van der Waals surface area (Å²) in [7, 11) is 0. The van der Waals surface area contributed by atoms with E-state index < -0.39 is 11.8 Å². The molecule has 3 aromatic rings. The van der Waals surface area contributed by atoms with E-state index in [2.05, 4.69) is 15.5 Å². The molecule has 5 N–H and O–H groups in total. The van der Waals surface area contributed by atoms with Gasteiger partial charge in [0, 0.05) is 17.1 Å². The second-order valence-corrected chi connectivity index (χ2v) is 5.96. The Balaban J connectivity index is 1.68. The predicted molar refractivity (Wildman–Crippen MR) is 97.6 cm³/mol. The smallest absolute Gasteiger partial charge is 0.275 e. The molecule has 0 unspecified atom stereocenters. The average Bonchev–Trinajstić information content (AvgIpc) is 3.08. The van der Waals surface area contributed by atoms with Gasteiger partial charge in [-0.2, -0.15) is 0 Å². The molecule has 0 saturated heterocycles. The Kier molecular flexibility index (Phi) is 5.34. The number of halogens is 1. The number of carbonyl (C=O) groups excluding carboxylic acids is 2. The molecule has 27 heavy (non-hydrogen) atoms.